The van der Waals surface area contributed by atoms with Crippen LogP contribution in [0.5, 0.6) is 0 Å². The van der Waals surface area contributed by atoms with Gasteiger partial charge >= 0.3 is 12.6 Å². The zero-order valence-electron chi connectivity index (χ0n) is 18.8. The minimum Gasteiger partial charge on any atom is -0.444 e. The van der Waals surface area contributed by atoms with Gasteiger partial charge in [-0.05, 0) is 59.1 Å². The summed E-state index contributed by atoms with van der Waals surface area (Å²) in [7, 11) is 0. The third-order valence-electron chi connectivity index (χ3n) is 5.01. The molecule has 0 aliphatic heterocycles. The molecule has 8 nitrogen and oxygen atoms in total. The molecule has 1 atom stereocenters. The van der Waals surface area contributed by atoms with Gasteiger partial charge in [0.15, 0.2) is 0 Å². The quantitative estimate of drug-likeness (QED) is 0.465. The van der Waals surface area contributed by atoms with Crippen LogP contribution in [0, 0.1) is 0 Å². The van der Waals surface area contributed by atoms with Crippen LogP contribution in [-0.4, -0.2) is 37.3 Å². The van der Waals surface area contributed by atoms with Crippen molar-refractivity contribution in [3.63, 3.8) is 0 Å². The maximum absolute atomic E-state index is 13.4. The summed E-state index contributed by atoms with van der Waals surface area (Å²) in [5.41, 5.74) is 7.53. The zero-order chi connectivity index (χ0) is 23.5. The van der Waals surface area contributed by atoms with Gasteiger partial charge in [0.05, 0.1) is 11.0 Å². The van der Waals surface area contributed by atoms with Crippen LogP contribution in [0.1, 0.15) is 59.5 Å². The van der Waals surface area contributed by atoms with Crippen molar-refractivity contribution in [2.45, 2.75) is 65.1 Å². The van der Waals surface area contributed by atoms with Gasteiger partial charge in [0.1, 0.15) is 11.4 Å². The Balaban J connectivity index is 1.72. The van der Waals surface area contributed by atoms with Crippen molar-refractivity contribution in [1.82, 2.24) is 24.4 Å². The second-order valence-corrected chi connectivity index (χ2v) is 8.72. The second kappa shape index (κ2) is 9.54. The van der Waals surface area contributed by atoms with E-state index >= 15 is 0 Å². The van der Waals surface area contributed by atoms with Crippen molar-refractivity contribution in [2.75, 3.05) is 12.3 Å². The van der Waals surface area contributed by atoms with Gasteiger partial charge in [-0.2, -0.15) is 8.78 Å². The van der Waals surface area contributed by atoms with Crippen LogP contribution in [0.4, 0.5) is 19.5 Å². The lowest BCUT2D eigenvalue weighted by atomic mass is 10.1. The van der Waals surface area contributed by atoms with Crippen molar-refractivity contribution in [1.29, 1.82) is 0 Å². The van der Waals surface area contributed by atoms with Crippen molar-refractivity contribution in [3.05, 3.63) is 30.6 Å². The topological polar surface area (TPSA) is 100.0 Å². The Bertz CT molecular complexity index is 1070. The number of fused-ring (bicyclic) bond motifs is 1. The fraction of sp³-hybridized carbons (Fsp3) is 0.500. The maximum atomic E-state index is 13.4. The molecule has 0 saturated carbocycles. The number of carbonyl (C=O) groups is 1. The number of nitrogen functional groups attached to an aromatic ring is 1. The third-order valence-corrected chi connectivity index (χ3v) is 5.01. The average Bonchev–Trinajstić information content (AvgIpc) is 3.29. The number of hydrogen-bond donors (Lipinski definition) is 2. The van der Waals surface area contributed by atoms with Crippen molar-refractivity contribution >= 4 is 23.1 Å². The first-order valence-electron chi connectivity index (χ1n) is 10.6. The summed E-state index contributed by atoms with van der Waals surface area (Å²) < 4.78 is 34.8. The summed E-state index contributed by atoms with van der Waals surface area (Å²) in [6.45, 7) is 5.25. The molecule has 3 aromatic rings. The van der Waals surface area contributed by atoms with E-state index < -0.39 is 18.2 Å². The Labute approximate surface area is 185 Å². The zero-order valence-corrected chi connectivity index (χ0v) is 18.8. The molecule has 0 bridgehead atoms. The molecular formula is C22H30F2N6O2. The Morgan fingerprint density at radius 3 is 2.72 bits per heavy atom. The molecular weight excluding hydrogens is 418 g/mol. The maximum Gasteiger partial charge on any atom is 0.407 e. The fourth-order valence-electron chi connectivity index (χ4n) is 3.67. The molecule has 0 radical (unpaired) electrons. The first-order valence-corrected chi connectivity index (χ1v) is 10.6. The summed E-state index contributed by atoms with van der Waals surface area (Å²) in [5, 5.41) is 2.75. The SMILES string of the molecule is CC(CCCCNC(=O)OC(C)(C)C)n1c(N)nc2cccc(-c3nccn3C(F)F)c21. The molecule has 2 heterocycles. The minimum absolute atomic E-state index is 0.0300. The van der Waals surface area contributed by atoms with E-state index in [1.807, 2.05) is 32.3 Å². The summed E-state index contributed by atoms with van der Waals surface area (Å²) in [4.78, 5) is 20.3. The number of amides is 1. The van der Waals surface area contributed by atoms with E-state index in [-0.39, 0.29) is 11.9 Å². The number of alkyl carbamates (subject to hydrolysis) is 1. The Morgan fingerprint density at radius 2 is 2.03 bits per heavy atom. The van der Waals surface area contributed by atoms with Gasteiger partial charge in [0.2, 0.25) is 5.95 Å². The summed E-state index contributed by atoms with van der Waals surface area (Å²) >= 11 is 0. The molecule has 32 heavy (non-hydrogen) atoms. The lowest BCUT2D eigenvalue weighted by Crippen LogP contribution is -2.33. The van der Waals surface area contributed by atoms with Crippen molar-refractivity contribution in [2.24, 2.45) is 0 Å². The molecule has 10 heteroatoms. The molecule has 0 saturated heterocycles. The number of hydrogen-bond acceptors (Lipinski definition) is 5. The van der Waals surface area contributed by atoms with Gasteiger partial charge in [-0.25, -0.2) is 14.8 Å². The Hall–Kier alpha value is -3.17. The normalized spacial score (nSPS) is 13.0. The van der Waals surface area contributed by atoms with E-state index in [2.05, 4.69) is 15.3 Å². The monoisotopic (exact) mass is 448 g/mol. The largest absolute Gasteiger partial charge is 0.444 e. The highest BCUT2D eigenvalue weighted by Gasteiger charge is 2.21. The van der Waals surface area contributed by atoms with Gasteiger partial charge in [0, 0.05) is 30.5 Å². The number of para-hydroxylation sites is 1. The Kier molecular flexibility index (Phi) is 7.00. The second-order valence-electron chi connectivity index (χ2n) is 8.72. The number of anilines is 1. The standard InChI is InChI=1S/C22H30F2N6O2/c1-14(8-5-6-11-27-21(31)32-22(2,3)4)30-17-15(9-7-10-16(17)28-20(30)25)18-26-12-13-29(18)19(23)24/h7,9-10,12-14,19H,5-6,8,11H2,1-4H3,(H2,25,28)(H,27,31). The number of imidazole rings is 2. The van der Waals surface area contributed by atoms with Gasteiger partial charge in [-0.3, -0.25) is 4.57 Å². The molecule has 0 fully saturated rings. The number of benzene rings is 1. The summed E-state index contributed by atoms with van der Waals surface area (Å²) in [5.74, 6) is 0.488. The molecule has 3 rings (SSSR count). The van der Waals surface area contributed by atoms with Gasteiger partial charge in [-0.15, -0.1) is 0 Å². The molecule has 174 valence electrons. The Morgan fingerprint density at radius 1 is 1.28 bits per heavy atom. The number of halogens is 2. The van der Waals surface area contributed by atoms with E-state index in [9.17, 15) is 13.6 Å². The number of carbonyl (C=O) groups excluding carboxylic acids is 1. The first kappa shape index (κ1) is 23.5. The average molecular weight is 449 g/mol. The van der Waals surface area contributed by atoms with Crippen LogP contribution in [0.3, 0.4) is 0 Å². The van der Waals surface area contributed by atoms with Gasteiger partial charge in [-0.1, -0.05) is 6.07 Å². The first-order chi connectivity index (χ1) is 15.1. The molecule has 0 spiro atoms. The lowest BCUT2D eigenvalue weighted by molar-refractivity contribution is 0.0526. The molecule has 1 aromatic carbocycles. The van der Waals surface area contributed by atoms with E-state index in [1.54, 1.807) is 18.2 Å². The van der Waals surface area contributed by atoms with Crippen molar-refractivity contribution in [3.8, 4) is 11.4 Å². The number of rotatable bonds is 8. The summed E-state index contributed by atoms with van der Waals surface area (Å²) in [6, 6.07) is 5.28. The van der Waals surface area contributed by atoms with Crippen LogP contribution in [-0.2, 0) is 4.74 Å². The molecule has 3 N–H and O–H groups in total. The predicted molar refractivity (Wildman–Crippen MR) is 119 cm³/mol. The van der Waals surface area contributed by atoms with Crippen LogP contribution in [0.15, 0.2) is 30.6 Å². The third kappa shape index (κ3) is 5.35. The van der Waals surface area contributed by atoms with Gasteiger partial charge in [0.25, 0.3) is 0 Å². The molecule has 1 amide bonds. The number of nitrogens with one attached hydrogen (secondary N) is 1. The molecule has 2 aromatic heterocycles. The van der Waals surface area contributed by atoms with Crippen LogP contribution in [0.25, 0.3) is 22.4 Å². The predicted octanol–water partition coefficient (Wildman–Crippen LogP) is 5.13. The number of ether oxygens (including phenoxy) is 1. The highest BCUT2D eigenvalue weighted by Crippen LogP contribution is 2.34. The number of unbranched alkanes of at least 4 members (excludes halogenated alkanes) is 1. The molecule has 0 aliphatic rings. The van der Waals surface area contributed by atoms with Crippen LogP contribution < -0.4 is 11.1 Å². The number of alkyl halides is 2. The van der Waals surface area contributed by atoms with Crippen LogP contribution >= 0.6 is 0 Å². The van der Waals surface area contributed by atoms with E-state index in [4.69, 9.17) is 10.5 Å². The number of aromatic nitrogens is 4. The van der Waals surface area contributed by atoms with E-state index in [1.165, 1.54) is 12.4 Å². The van der Waals surface area contributed by atoms with Gasteiger partial charge < -0.3 is 20.4 Å². The van der Waals surface area contributed by atoms with Crippen LogP contribution in [0.2, 0.25) is 0 Å². The molecule has 0 aliphatic carbocycles. The summed E-state index contributed by atoms with van der Waals surface area (Å²) in [6.07, 6.45) is 4.52. The highest BCUT2D eigenvalue weighted by molar-refractivity contribution is 5.92. The highest BCUT2D eigenvalue weighted by atomic mass is 19.3. The van der Waals surface area contributed by atoms with Crippen molar-refractivity contribution < 1.29 is 18.3 Å². The van der Waals surface area contributed by atoms with E-state index in [0.29, 0.717) is 29.1 Å². The minimum atomic E-state index is -2.70. The molecule has 1 unspecified atom stereocenters. The number of nitrogens with zero attached hydrogens (tertiary/aromatic N) is 4. The van der Waals surface area contributed by atoms with E-state index in [0.717, 1.165) is 23.8 Å². The lowest BCUT2D eigenvalue weighted by Gasteiger charge is -2.20. The smallest absolute Gasteiger partial charge is 0.407 e. The fourth-order valence-corrected chi connectivity index (χ4v) is 3.67. The number of nitrogens with two attached hydrogens (primary N) is 1.